The van der Waals surface area contributed by atoms with Gasteiger partial charge in [-0.15, -0.1) is 0 Å². The van der Waals surface area contributed by atoms with Gasteiger partial charge in [-0.3, -0.25) is 0 Å². The molecule has 0 amide bonds. The van der Waals surface area contributed by atoms with E-state index in [-0.39, 0.29) is 0 Å². The predicted molar refractivity (Wildman–Crippen MR) is 52.8 cm³/mol. The fraction of sp³-hybridized carbons (Fsp3) is 0.400. The molecule has 2 rings (SSSR count). The molecule has 64 valence electrons. The van der Waals surface area contributed by atoms with E-state index in [1.165, 1.54) is 28.1 Å². The van der Waals surface area contributed by atoms with E-state index in [2.05, 4.69) is 37.5 Å². The van der Waals surface area contributed by atoms with Gasteiger partial charge in [0.1, 0.15) is 0 Å². The highest BCUT2D eigenvalue weighted by atomic mass is 15.1. The minimum atomic E-state index is 0.860. The topological polar surface area (TPSA) is 24.1 Å². The van der Waals surface area contributed by atoms with Gasteiger partial charge in [0.25, 0.3) is 0 Å². The van der Waals surface area contributed by atoms with E-state index in [0.717, 1.165) is 6.67 Å². The van der Waals surface area contributed by atoms with E-state index >= 15 is 0 Å². The Morgan fingerprint density at radius 1 is 1.08 bits per heavy atom. The normalized spacial score (nSPS) is 13.6. The van der Waals surface area contributed by atoms with Crippen molar-refractivity contribution in [1.29, 1.82) is 0 Å². The summed E-state index contributed by atoms with van der Waals surface area (Å²) in [6.45, 7) is 7.35. The lowest BCUT2D eigenvalue weighted by Gasteiger charge is -2.09. The molecule has 0 radical (unpaired) electrons. The molecule has 0 unspecified atom stereocenters. The van der Waals surface area contributed by atoms with E-state index in [0.29, 0.717) is 0 Å². The second kappa shape index (κ2) is 2.41. The third-order valence-corrected chi connectivity index (χ3v) is 2.70. The number of nitrogens with one attached hydrogen (secondary N) is 2. The smallest absolute Gasteiger partial charge is 0.0850 e. The maximum atomic E-state index is 3.33. The molecule has 0 aliphatic carbocycles. The fourth-order valence-corrected chi connectivity index (χ4v) is 1.68. The van der Waals surface area contributed by atoms with Crippen LogP contribution in [0.1, 0.15) is 16.7 Å². The van der Waals surface area contributed by atoms with Crippen LogP contribution < -0.4 is 10.6 Å². The van der Waals surface area contributed by atoms with Crippen molar-refractivity contribution >= 4 is 11.4 Å². The first kappa shape index (κ1) is 7.47. The average Bonchev–Trinajstić information content (AvgIpc) is 2.48. The molecule has 0 aromatic heterocycles. The van der Waals surface area contributed by atoms with Crippen LogP contribution in [0.25, 0.3) is 0 Å². The minimum absolute atomic E-state index is 0.860. The van der Waals surface area contributed by atoms with E-state index < -0.39 is 0 Å². The van der Waals surface area contributed by atoms with E-state index in [1.807, 2.05) is 0 Å². The van der Waals surface area contributed by atoms with Crippen LogP contribution in [-0.4, -0.2) is 6.67 Å². The summed E-state index contributed by atoms with van der Waals surface area (Å²) < 4.78 is 0. The summed E-state index contributed by atoms with van der Waals surface area (Å²) >= 11 is 0. The molecule has 1 heterocycles. The van der Waals surface area contributed by atoms with Crippen LogP contribution in [0.3, 0.4) is 0 Å². The van der Waals surface area contributed by atoms with Crippen LogP contribution in [0.15, 0.2) is 6.07 Å². The van der Waals surface area contributed by atoms with Gasteiger partial charge in [0.15, 0.2) is 0 Å². The summed E-state index contributed by atoms with van der Waals surface area (Å²) in [5, 5.41) is 6.62. The van der Waals surface area contributed by atoms with E-state index in [9.17, 15) is 0 Å². The monoisotopic (exact) mass is 162 g/mol. The Kier molecular flexibility index (Phi) is 1.50. The van der Waals surface area contributed by atoms with Crippen molar-refractivity contribution in [3.8, 4) is 0 Å². The van der Waals surface area contributed by atoms with Gasteiger partial charge < -0.3 is 10.6 Å². The largest absolute Gasteiger partial charge is 0.366 e. The molecule has 2 heteroatoms. The van der Waals surface area contributed by atoms with Crippen LogP contribution in [0.5, 0.6) is 0 Å². The summed E-state index contributed by atoms with van der Waals surface area (Å²) in [4.78, 5) is 0. The van der Waals surface area contributed by atoms with Crippen LogP contribution in [0, 0.1) is 20.8 Å². The molecular weight excluding hydrogens is 148 g/mol. The third kappa shape index (κ3) is 0.876. The van der Waals surface area contributed by atoms with E-state index in [4.69, 9.17) is 0 Å². The second-order valence-corrected chi connectivity index (χ2v) is 3.40. The molecule has 0 fully saturated rings. The summed E-state index contributed by atoms with van der Waals surface area (Å²) in [5.41, 5.74) is 6.65. The van der Waals surface area contributed by atoms with Crippen molar-refractivity contribution in [3.63, 3.8) is 0 Å². The van der Waals surface area contributed by atoms with Crippen LogP contribution in [-0.2, 0) is 0 Å². The highest BCUT2D eigenvalue weighted by Gasteiger charge is 2.13. The van der Waals surface area contributed by atoms with Gasteiger partial charge in [0.2, 0.25) is 0 Å². The molecule has 1 aliphatic rings. The van der Waals surface area contributed by atoms with Gasteiger partial charge in [0.05, 0.1) is 18.0 Å². The van der Waals surface area contributed by atoms with Crippen LogP contribution >= 0.6 is 0 Å². The lowest BCUT2D eigenvalue weighted by molar-refractivity contribution is 1.27. The molecule has 2 nitrogen and oxygen atoms in total. The Morgan fingerprint density at radius 3 is 2.58 bits per heavy atom. The van der Waals surface area contributed by atoms with Gasteiger partial charge in [0, 0.05) is 0 Å². The number of aryl methyl sites for hydroxylation is 1. The summed E-state index contributed by atoms with van der Waals surface area (Å²) in [6, 6.07) is 2.21. The minimum Gasteiger partial charge on any atom is -0.366 e. The first-order valence-corrected chi connectivity index (χ1v) is 4.28. The molecule has 0 saturated heterocycles. The van der Waals surface area contributed by atoms with Crippen molar-refractivity contribution in [2.45, 2.75) is 20.8 Å². The van der Waals surface area contributed by atoms with Crippen LogP contribution in [0.4, 0.5) is 11.4 Å². The van der Waals surface area contributed by atoms with E-state index in [1.54, 1.807) is 0 Å². The van der Waals surface area contributed by atoms with Crippen molar-refractivity contribution in [2.75, 3.05) is 17.3 Å². The molecule has 1 aromatic carbocycles. The highest BCUT2D eigenvalue weighted by Crippen LogP contribution is 2.33. The molecule has 1 aromatic rings. The summed E-state index contributed by atoms with van der Waals surface area (Å²) in [6.07, 6.45) is 0. The first-order chi connectivity index (χ1) is 5.70. The zero-order valence-corrected chi connectivity index (χ0v) is 7.78. The maximum Gasteiger partial charge on any atom is 0.0850 e. The molecule has 0 saturated carbocycles. The summed E-state index contributed by atoms with van der Waals surface area (Å²) in [7, 11) is 0. The van der Waals surface area contributed by atoms with Crippen LogP contribution in [0.2, 0.25) is 0 Å². The highest BCUT2D eigenvalue weighted by molar-refractivity contribution is 5.78. The Hall–Kier alpha value is -1.18. The van der Waals surface area contributed by atoms with Gasteiger partial charge in [-0.1, -0.05) is 0 Å². The Morgan fingerprint density at radius 2 is 1.83 bits per heavy atom. The molecule has 0 atom stereocenters. The molecule has 0 spiro atoms. The van der Waals surface area contributed by atoms with Gasteiger partial charge in [-0.25, -0.2) is 0 Å². The number of hydrogen-bond acceptors (Lipinski definition) is 2. The maximum absolute atomic E-state index is 3.33. The SMILES string of the molecule is Cc1cc2c(c(C)c1C)NCN2. The van der Waals surface area contributed by atoms with Crippen molar-refractivity contribution in [2.24, 2.45) is 0 Å². The standard InChI is InChI=1S/C10H14N2/c1-6-4-9-10(12-5-11-9)8(3)7(6)2/h4,11-12H,5H2,1-3H3. The number of benzene rings is 1. The molecule has 0 bridgehead atoms. The molecule has 2 N–H and O–H groups in total. The summed E-state index contributed by atoms with van der Waals surface area (Å²) in [5.74, 6) is 0. The Bertz CT molecular complexity index is 329. The Balaban J connectivity index is 2.67. The van der Waals surface area contributed by atoms with Crippen molar-refractivity contribution in [1.82, 2.24) is 0 Å². The quantitative estimate of drug-likeness (QED) is 0.612. The van der Waals surface area contributed by atoms with Crippen molar-refractivity contribution < 1.29 is 0 Å². The Labute approximate surface area is 73.0 Å². The number of hydrogen-bond donors (Lipinski definition) is 2. The average molecular weight is 162 g/mol. The third-order valence-electron chi connectivity index (χ3n) is 2.70. The molecule has 1 aliphatic heterocycles. The van der Waals surface area contributed by atoms with Gasteiger partial charge >= 0.3 is 0 Å². The predicted octanol–water partition coefficient (Wildman–Crippen LogP) is 2.41. The number of fused-ring (bicyclic) bond motifs is 1. The van der Waals surface area contributed by atoms with Gasteiger partial charge in [-0.2, -0.15) is 0 Å². The number of anilines is 2. The molecule has 12 heavy (non-hydrogen) atoms. The zero-order valence-electron chi connectivity index (χ0n) is 7.78. The van der Waals surface area contributed by atoms with Gasteiger partial charge in [-0.05, 0) is 43.5 Å². The van der Waals surface area contributed by atoms with Crippen molar-refractivity contribution in [3.05, 3.63) is 22.8 Å². The second-order valence-electron chi connectivity index (χ2n) is 3.40. The zero-order chi connectivity index (χ0) is 8.72. The first-order valence-electron chi connectivity index (χ1n) is 4.28. The molecular formula is C10H14N2. The fourth-order valence-electron chi connectivity index (χ4n) is 1.68. The number of rotatable bonds is 0. The lowest BCUT2D eigenvalue weighted by Crippen LogP contribution is -1.99. The lowest BCUT2D eigenvalue weighted by atomic mass is 10.0.